The fourth-order valence-corrected chi connectivity index (χ4v) is 4.24. The molecule has 3 aromatic heterocycles. The predicted molar refractivity (Wildman–Crippen MR) is 93.0 cm³/mol. The van der Waals surface area contributed by atoms with Gasteiger partial charge in [0.1, 0.15) is 9.71 Å². The molecule has 0 aliphatic carbocycles. The van der Waals surface area contributed by atoms with Gasteiger partial charge in [-0.05, 0) is 19.4 Å². The quantitative estimate of drug-likeness (QED) is 0.728. The lowest BCUT2D eigenvalue weighted by molar-refractivity contribution is 0.0740. The van der Waals surface area contributed by atoms with Gasteiger partial charge in [-0.15, -0.1) is 16.4 Å². The first-order valence-corrected chi connectivity index (χ1v) is 8.60. The van der Waals surface area contributed by atoms with Crippen LogP contribution in [-0.2, 0) is 20.0 Å². The van der Waals surface area contributed by atoms with E-state index in [-0.39, 0.29) is 5.91 Å². The lowest BCUT2D eigenvalue weighted by Gasteiger charge is -2.25. The maximum atomic E-state index is 13.0. The van der Waals surface area contributed by atoms with Gasteiger partial charge in [0, 0.05) is 43.7 Å². The van der Waals surface area contributed by atoms with Gasteiger partial charge in [0.05, 0.1) is 17.1 Å². The van der Waals surface area contributed by atoms with Crippen LogP contribution in [0.15, 0.2) is 6.20 Å². The molecule has 0 fully saturated rings. The number of nitrogen functional groups attached to an aromatic ring is 1. The molecule has 0 bridgehead atoms. The minimum Gasteiger partial charge on any atom is -0.397 e. The molecule has 0 aromatic carbocycles. The fraction of sp³-hybridized carbons (Fsp3) is 0.375. The lowest BCUT2D eigenvalue weighted by atomic mass is 10.1. The highest BCUT2D eigenvalue weighted by Crippen LogP contribution is 2.36. The SMILES string of the molecule is Cc1nnc2sc(C(=O)N3CCc4nn(C)cc4C3)c(N)c2c1C. The molecule has 4 heterocycles. The second-order valence-corrected chi connectivity index (χ2v) is 7.19. The molecule has 0 atom stereocenters. The molecule has 8 heteroatoms. The average molecular weight is 342 g/mol. The van der Waals surface area contributed by atoms with Gasteiger partial charge in [-0.25, -0.2) is 0 Å². The van der Waals surface area contributed by atoms with Gasteiger partial charge < -0.3 is 10.6 Å². The van der Waals surface area contributed by atoms with Crippen molar-refractivity contribution in [1.29, 1.82) is 0 Å². The van der Waals surface area contributed by atoms with E-state index in [4.69, 9.17) is 5.73 Å². The number of fused-ring (bicyclic) bond motifs is 2. The molecule has 0 saturated heterocycles. The van der Waals surface area contributed by atoms with Crippen LogP contribution in [0.1, 0.15) is 32.2 Å². The minimum atomic E-state index is -0.0398. The maximum Gasteiger partial charge on any atom is 0.266 e. The van der Waals surface area contributed by atoms with E-state index < -0.39 is 0 Å². The molecule has 1 aliphatic heterocycles. The Kier molecular flexibility index (Phi) is 3.31. The first-order valence-electron chi connectivity index (χ1n) is 7.78. The van der Waals surface area contributed by atoms with Crippen LogP contribution in [-0.4, -0.2) is 37.3 Å². The Bertz CT molecular complexity index is 973. The number of aryl methyl sites for hydroxylation is 3. The van der Waals surface area contributed by atoms with Crippen LogP contribution in [0.5, 0.6) is 0 Å². The van der Waals surface area contributed by atoms with Crippen molar-refractivity contribution < 1.29 is 4.79 Å². The molecular weight excluding hydrogens is 324 g/mol. The molecule has 3 aromatic rings. The number of hydrogen-bond acceptors (Lipinski definition) is 6. The van der Waals surface area contributed by atoms with Gasteiger partial charge in [-0.3, -0.25) is 9.48 Å². The van der Waals surface area contributed by atoms with Gasteiger partial charge >= 0.3 is 0 Å². The summed E-state index contributed by atoms with van der Waals surface area (Å²) in [6.07, 6.45) is 2.74. The number of carbonyl (C=O) groups is 1. The molecular formula is C16H18N6OS. The zero-order valence-corrected chi connectivity index (χ0v) is 14.6. The molecule has 0 spiro atoms. The lowest BCUT2D eigenvalue weighted by Crippen LogP contribution is -2.35. The molecule has 4 rings (SSSR count). The number of thiophene rings is 1. The van der Waals surface area contributed by atoms with E-state index in [0.29, 0.717) is 23.7 Å². The minimum absolute atomic E-state index is 0.0398. The van der Waals surface area contributed by atoms with Crippen molar-refractivity contribution >= 4 is 33.1 Å². The van der Waals surface area contributed by atoms with E-state index in [0.717, 1.165) is 39.2 Å². The van der Waals surface area contributed by atoms with Gasteiger partial charge in [0.15, 0.2) is 0 Å². The molecule has 24 heavy (non-hydrogen) atoms. The van der Waals surface area contributed by atoms with Crippen molar-refractivity contribution in [1.82, 2.24) is 24.9 Å². The van der Waals surface area contributed by atoms with Crippen LogP contribution in [0.25, 0.3) is 10.2 Å². The summed E-state index contributed by atoms with van der Waals surface area (Å²) in [5, 5.41) is 13.6. The summed E-state index contributed by atoms with van der Waals surface area (Å²) in [6, 6.07) is 0. The first kappa shape index (κ1) is 15.1. The number of aromatic nitrogens is 4. The average Bonchev–Trinajstić information content (AvgIpc) is 3.09. The van der Waals surface area contributed by atoms with Crippen molar-refractivity contribution in [3.63, 3.8) is 0 Å². The largest absolute Gasteiger partial charge is 0.397 e. The summed E-state index contributed by atoms with van der Waals surface area (Å²) in [5.74, 6) is -0.0398. The Morgan fingerprint density at radius 2 is 2.12 bits per heavy atom. The number of anilines is 1. The summed E-state index contributed by atoms with van der Waals surface area (Å²) >= 11 is 1.32. The van der Waals surface area contributed by atoms with Gasteiger partial charge in [0.2, 0.25) is 0 Å². The summed E-state index contributed by atoms with van der Waals surface area (Å²) in [6.45, 7) is 5.08. The number of carbonyl (C=O) groups excluding carboxylic acids is 1. The molecule has 2 N–H and O–H groups in total. The Morgan fingerprint density at radius 1 is 1.33 bits per heavy atom. The van der Waals surface area contributed by atoms with Crippen LogP contribution >= 0.6 is 11.3 Å². The van der Waals surface area contributed by atoms with Gasteiger partial charge in [-0.2, -0.15) is 10.2 Å². The van der Waals surface area contributed by atoms with Crippen molar-refractivity contribution in [2.24, 2.45) is 7.05 Å². The molecule has 0 saturated carbocycles. The van der Waals surface area contributed by atoms with Gasteiger partial charge in [-0.1, -0.05) is 0 Å². The van der Waals surface area contributed by atoms with E-state index in [2.05, 4.69) is 15.3 Å². The highest BCUT2D eigenvalue weighted by atomic mass is 32.1. The first-order chi connectivity index (χ1) is 11.5. The molecule has 0 radical (unpaired) electrons. The Labute approximate surface area is 143 Å². The fourth-order valence-electron chi connectivity index (χ4n) is 3.17. The van der Waals surface area contributed by atoms with Crippen molar-refractivity contribution in [3.8, 4) is 0 Å². The number of nitrogens with zero attached hydrogens (tertiary/aromatic N) is 5. The molecule has 1 amide bonds. The van der Waals surface area contributed by atoms with E-state index in [1.165, 1.54) is 11.3 Å². The standard InChI is InChI=1S/C16H18N6OS/c1-8-9(2)18-19-15-12(8)13(17)14(24-15)16(23)22-5-4-11-10(7-22)6-21(3)20-11/h6H,4-5,7,17H2,1-3H3. The van der Waals surface area contributed by atoms with E-state index in [1.807, 2.05) is 32.0 Å². The Hall–Kier alpha value is -2.48. The van der Waals surface area contributed by atoms with Crippen LogP contribution < -0.4 is 5.73 Å². The predicted octanol–water partition coefficient (Wildman–Crippen LogP) is 1.82. The third-order valence-corrected chi connectivity index (χ3v) is 5.67. The van der Waals surface area contributed by atoms with Crippen LogP contribution in [0.2, 0.25) is 0 Å². The monoisotopic (exact) mass is 342 g/mol. The Morgan fingerprint density at radius 3 is 2.92 bits per heavy atom. The van der Waals surface area contributed by atoms with E-state index >= 15 is 0 Å². The smallest absolute Gasteiger partial charge is 0.266 e. The van der Waals surface area contributed by atoms with E-state index in [1.54, 1.807) is 4.68 Å². The second-order valence-electron chi connectivity index (χ2n) is 6.19. The summed E-state index contributed by atoms with van der Waals surface area (Å²) < 4.78 is 1.80. The number of hydrogen-bond donors (Lipinski definition) is 1. The summed E-state index contributed by atoms with van der Waals surface area (Å²) in [7, 11) is 1.90. The third-order valence-electron chi connectivity index (χ3n) is 4.59. The highest BCUT2D eigenvalue weighted by Gasteiger charge is 2.28. The van der Waals surface area contributed by atoms with Crippen molar-refractivity contribution in [2.75, 3.05) is 12.3 Å². The van der Waals surface area contributed by atoms with Crippen LogP contribution in [0.3, 0.4) is 0 Å². The third kappa shape index (κ3) is 2.17. The molecule has 124 valence electrons. The molecule has 0 unspecified atom stereocenters. The molecule has 7 nitrogen and oxygen atoms in total. The summed E-state index contributed by atoms with van der Waals surface area (Å²) in [4.78, 5) is 16.1. The molecule has 1 aliphatic rings. The van der Waals surface area contributed by atoms with Crippen LogP contribution in [0.4, 0.5) is 5.69 Å². The highest BCUT2D eigenvalue weighted by molar-refractivity contribution is 7.21. The van der Waals surface area contributed by atoms with Gasteiger partial charge in [0.25, 0.3) is 5.91 Å². The van der Waals surface area contributed by atoms with Crippen LogP contribution in [0, 0.1) is 13.8 Å². The van der Waals surface area contributed by atoms with Crippen molar-refractivity contribution in [3.05, 3.63) is 33.6 Å². The topological polar surface area (TPSA) is 89.9 Å². The number of amides is 1. The van der Waals surface area contributed by atoms with E-state index in [9.17, 15) is 4.79 Å². The number of rotatable bonds is 1. The number of nitrogens with two attached hydrogens (primary N) is 1. The Balaban J connectivity index is 1.72. The summed E-state index contributed by atoms with van der Waals surface area (Å²) in [5.41, 5.74) is 10.8. The zero-order valence-electron chi connectivity index (χ0n) is 13.8. The maximum absolute atomic E-state index is 13.0. The normalized spacial score (nSPS) is 14.2. The van der Waals surface area contributed by atoms with Crippen molar-refractivity contribution in [2.45, 2.75) is 26.8 Å². The zero-order chi connectivity index (χ0) is 17.0. The second kappa shape index (κ2) is 5.27.